The topological polar surface area (TPSA) is 97.3 Å². The summed E-state index contributed by atoms with van der Waals surface area (Å²) in [7, 11) is 3.21. The number of aromatic nitrogens is 3. The highest BCUT2D eigenvalue weighted by atomic mass is 16.5. The molecule has 0 saturated carbocycles. The van der Waals surface area contributed by atoms with E-state index in [9.17, 15) is 9.59 Å². The molecule has 3 rings (SSSR count). The molecule has 2 heterocycles. The molecule has 0 spiro atoms. The summed E-state index contributed by atoms with van der Waals surface area (Å²) < 4.78 is 4.70. The minimum absolute atomic E-state index is 0.231. The van der Waals surface area contributed by atoms with E-state index in [4.69, 9.17) is 4.74 Å². The number of methoxy groups -OCH3 is 1. The van der Waals surface area contributed by atoms with E-state index >= 15 is 0 Å². The largest absolute Gasteiger partial charge is 0.465 e. The third kappa shape index (κ3) is 5.35. The Bertz CT molecular complexity index is 994. The second kappa shape index (κ2) is 9.41. The van der Waals surface area contributed by atoms with Gasteiger partial charge in [0.15, 0.2) is 0 Å². The number of pyridine rings is 1. The molecule has 1 N–H and O–H groups in total. The quantitative estimate of drug-likeness (QED) is 0.618. The second-order valence-electron chi connectivity index (χ2n) is 6.31. The molecule has 29 heavy (non-hydrogen) atoms. The minimum atomic E-state index is -0.471. The SMILES string of the molecule is COC(=O)c1cccc(NC(=O)c2cc(N(C)CCc3ccncc3)ncn2)c1. The zero-order chi connectivity index (χ0) is 20.6. The van der Waals surface area contributed by atoms with Gasteiger partial charge in [-0.2, -0.15) is 0 Å². The van der Waals surface area contributed by atoms with Crippen molar-refractivity contribution >= 4 is 23.4 Å². The fourth-order valence-corrected chi connectivity index (χ4v) is 2.68. The van der Waals surface area contributed by atoms with Crippen LogP contribution in [-0.4, -0.2) is 47.5 Å². The van der Waals surface area contributed by atoms with Crippen LogP contribution < -0.4 is 10.2 Å². The summed E-state index contributed by atoms with van der Waals surface area (Å²) in [5, 5.41) is 2.74. The van der Waals surface area contributed by atoms with Gasteiger partial charge in [-0.1, -0.05) is 6.07 Å². The lowest BCUT2D eigenvalue weighted by molar-refractivity contribution is 0.0600. The number of nitrogens with zero attached hydrogens (tertiary/aromatic N) is 4. The monoisotopic (exact) mass is 391 g/mol. The van der Waals surface area contributed by atoms with Crippen LogP contribution in [0.2, 0.25) is 0 Å². The van der Waals surface area contributed by atoms with Gasteiger partial charge in [0.05, 0.1) is 12.7 Å². The summed E-state index contributed by atoms with van der Waals surface area (Å²) in [5.74, 6) is -0.220. The summed E-state index contributed by atoms with van der Waals surface area (Å²) >= 11 is 0. The van der Waals surface area contributed by atoms with E-state index < -0.39 is 11.9 Å². The van der Waals surface area contributed by atoms with Crippen LogP contribution in [0.3, 0.4) is 0 Å². The Kier molecular flexibility index (Phi) is 6.47. The number of carbonyl (C=O) groups excluding carboxylic acids is 2. The number of benzene rings is 1. The molecule has 0 unspecified atom stereocenters. The number of rotatable bonds is 7. The maximum atomic E-state index is 12.6. The normalized spacial score (nSPS) is 10.3. The van der Waals surface area contributed by atoms with Gasteiger partial charge in [-0.25, -0.2) is 14.8 Å². The maximum absolute atomic E-state index is 12.6. The Morgan fingerprint density at radius 2 is 1.90 bits per heavy atom. The molecule has 3 aromatic rings. The molecule has 8 heteroatoms. The van der Waals surface area contributed by atoms with E-state index in [1.165, 1.54) is 19.0 Å². The average molecular weight is 391 g/mol. The van der Waals surface area contributed by atoms with E-state index in [2.05, 4.69) is 20.3 Å². The lowest BCUT2D eigenvalue weighted by Crippen LogP contribution is -2.23. The van der Waals surface area contributed by atoms with Gasteiger partial charge in [-0.15, -0.1) is 0 Å². The van der Waals surface area contributed by atoms with Gasteiger partial charge < -0.3 is 15.0 Å². The predicted molar refractivity (Wildman–Crippen MR) is 109 cm³/mol. The minimum Gasteiger partial charge on any atom is -0.465 e. The van der Waals surface area contributed by atoms with Crippen LogP contribution >= 0.6 is 0 Å². The van der Waals surface area contributed by atoms with E-state index in [1.807, 2.05) is 24.1 Å². The van der Waals surface area contributed by atoms with Crippen molar-refractivity contribution in [3.05, 3.63) is 78.0 Å². The highest BCUT2D eigenvalue weighted by Gasteiger charge is 2.13. The van der Waals surface area contributed by atoms with Crippen LogP contribution in [0, 0.1) is 0 Å². The molecule has 1 amide bonds. The molecular weight excluding hydrogens is 370 g/mol. The van der Waals surface area contributed by atoms with E-state index in [0.29, 0.717) is 17.1 Å². The fraction of sp³-hybridized carbons (Fsp3) is 0.190. The zero-order valence-electron chi connectivity index (χ0n) is 16.2. The smallest absolute Gasteiger partial charge is 0.337 e. The van der Waals surface area contributed by atoms with Crippen molar-refractivity contribution in [2.45, 2.75) is 6.42 Å². The van der Waals surface area contributed by atoms with Gasteiger partial charge in [0.25, 0.3) is 5.91 Å². The van der Waals surface area contributed by atoms with Crippen LogP contribution in [0.25, 0.3) is 0 Å². The van der Waals surface area contributed by atoms with Crippen molar-refractivity contribution in [3.63, 3.8) is 0 Å². The molecule has 0 bridgehead atoms. The van der Waals surface area contributed by atoms with Crippen LogP contribution in [0.5, 0.6) is 0 Å². The Balaban J connectivity index is 1.67. The molecule has 2 aromatic heterocycles. The second-order valence-corrected chi connectivity index (χ2v) is 6.31. The van der Waals surface area contributed by atoms with Crippen molar-refractivity contribution in [1.29, 1.82) is 0 Å². The van der Waals surface area contributed by atoms with Gasteiger partial charge in [-0.3, -0.25) is 9.78 Å². The summed E-state index contributed by atoms with van der Waals surface area (Å²) in [6.45, 7) is 0.725. The number of likely N-dealkylation sites (N-methyl/N-ethyl adjacent to an activating group) is 1. The van der Waals surface area contributed by atoms with Crippen molar-refractivity contribution in [2.24, 2.45) is 0 Å². The fourth-order valence-electron chi connectivity index (χ4n) is 2.68. The van der Waals surface area contributed by atoms with Crippen LogP contribution in [0.4, 0.5) is 11.5 Å². The van der Waals surface area contributed by atoms with Gasteiger partial charge in [0.2, 0.25) is 0 Å². The van der Waals surface area contributed by atoms with Gasteiger partial charge >= 0.3 is 5.97 Å². The summed E-state index contributed by atoms with van der Waals surface area (Å²) in [4.78, 5) is 38.5. The molecule has 0 fully saturated rings. The molecule has 0 radical (unpaired) electrons. The zero-order valence-corrected chi connectivity index (χ0v) is 16.2. The lowest BCUT2D eigenvalue weighted by atomic mass is 10.2. The summed E-state index contributed by atoms with van der Waals surface area (Å²) in [5.41, 5.74) is 2.23. The first-order chi connectivity index (χ1) is 14.1. The number of amides is 1. The first-order valence-electron chi connectivity index (χ1n) is 8.98. The summed E-state index contributed by atoms with van der Waals surface area (Å²) in [6, 6.07) is 12.1. The number of hydrogen-bond acceptors (Lipinski definition) is 7. The van der Waals surface area contributed by atoms with Crippen LogP contribution in [0.1, 0.15) is 26.4 Å². The average Bonchev–Trinajstić information content (AvgIpc) is 2.77. The molecule has 0 aliphatic carbocycles. The van der Waals surface area contributed by atoms with E-state index in [0.717, 1.165) is 13.0 Å². The third-order valence-corrected chi connectivity index (χ3v) is 4.30. The van der Waals surface area contributed by atoms with Crippen molar-refractivity contribution in [3.8, 4) is 0 Å². The number of anilines is 2. The van der Waals surface area contributed by atoms with E-state index in [1.54, 1.807) is 42.7 Å². The Hall–Kier alpha value is -3.81. The van der Waals surface area contributed by atoms with Crippen molar-refractivity contribution < 1.29 is 14.3 Å². The molecule has 0 aliphatic heterocycles. The van der Waals surface area contributed by atoms with Crippen molar-refractivity contribution in [2.75, 3.05) is 30.9 Å². The number of nitrogens with one attached hydrogen (secondary N) is 1. The number of hydrogen-bond donors (Lipinski definition) is 1. The highest BCUT2D eigenvalue weighted by Crippen LogP contribution is 2.15. The lowest BCUT2D eigenvalue weighted by Gasteiger charge is -2.18. The molecular formula is C21H21N5O3. The number of carbonyl (C=O) groups is 2. The number of ether oxygens (including phenoxy) is 1. The standard InChI is InChI=1S/C21H21N5O3/c1-26(11-8-15-6-9-22-10-7-15)19-13-18(23-14-24-19)20(27)25-17-5-3-4-16(12-17)21(28)29-2/h3-7,9-10,12-14H,8,11H2,1-2H3,(H,25,27). The maximum Gasteiger partial charge on any atom is 0.337 e. The Morgan fingerprint density at radius 3 is 2.66 bits per heavy atom. The molecule has 0 aliphatic rings. The first-order valence-corrected chi connectivity index (χ1v) is 8.98. The molecule has 8 nitrogen and oxygen atoms in total. The molecule has 0 atom stereocenters. The first kappa shape index (κ1) is 19.9. The highest BCUT2D eigenvalue weighted by molar-refractivity contribution is 6.03. The van der Waals surface area contributed by atoms with E-state index in [-0.39, 0.29) is 5.69 Å². The van der Waals surface area contributed by atoms with Crippen molar-refractivity contribution in [1.82, 2.24) is 15.0 Å². The molecule has 1 aromatic carbocycles. The van der Waals surface area contributed by atoms with Gasteiger partial charge in [0.1, 0.15) is 17.8 Å². The third-order valence-electron chi connectivity index (χ3n) is 4.30. The van der Waals surface area contributed by atoms with Crippen LogP contribution in [0.15, 0.2) is 61.2 Å². The molecule has 148 valence electrons. The van der Waals surface area contributed by atoms with Gasteiger partial charge in [0, 0.05) is 37.7 Å². The molecule has 0 saturated heterocycles. The number of esters is 1. The predicted octanol–water partition coefficient (Wildman–Crippen LogP) is 2.59. The van der Waals surface area contributed by atoms with Gasteiger partial charge in [-0.05, 0) is 42.3 Å². The summed E-state index contributed by atoms with van der Waals surface area (Å²) in [6.07, 6.45) is 5.71. The Morgan fingerprint density at radius 1 is 1.10 bits per heavy atom. The van der Waals surface area contributed by atoms with Crippen LogP contribution in [-0.2, 0) is 11.2 Å². The Labute approximate surface area is 168 Å².